The Morgan fingerprint density at radius 1 is 1.38 bits per heavy atom. The Balaban J connectivity index is 3.10. The molecule has 0 amide bonds. The van der Waals surface area contributed by atoms with Crippen molar-refractivity contribution in [2.24, 2.45) is 0 Å². The molecule has 0 aromatic heterocycles. The summed E-state index contributed by atoms with van der Waals surface area (Å²) < 4.78 is 5.26. The minimum absolute atomic E-state index is 0.448. The van der Waals surface area contributed by atoms with Gasteiger partial charge in [0.2, 0.25) is 0 Å². The number of hydrogen-bond acceptors (Lipinski definition) is 3. The van der Waals surface area contributed by atoms with Crippen molar-refractivity contribution in [2.75, 3.05) is 6.61 Å². The first-order valence-electron chi connectivity index (χ1n) is 4.25. The SMILES string of the molecule is CCOc1cccc(C)c1B(O)O. The van der Waals surface area contributed by atoms with Crippen LogP contribution in [0.3, 0.4) is 0 Å². The van der Waals surface area contributed by atoms with Gasteiger partial charge in [0.05, 0.1) is 6.61 Å². The number of ether oxygens (including phenoxy) is 1. The highest BCUT2D eigenvalue weighted by molar-refractivity contribution is 6.60. The van der Waals surface area contributed by atoms with Crippen molar-refractivity contribution < 1.29 is 14.8 Å². The van der Waals surface area contributed by atoms with Gasteiger partial charge < -0.3 is 14.8 Å². The van der Waals surface area contributed by atoms with E-state index >= 15 is 0 Å². The van der Waals surface area contributed by atoms with Crippen LogP contribution in [-0.2, 0) is 0 Å². The maximum atomic E-state index is 9.09. The average Bonchev–Trinajstić information content (AvgIpc) is 2.04. The van der Waals surface area contributed by atoms with E-state index in [1.165, 1.54) is 0 Å². The van der Waals surface area contributed by atoms with Crippen LogP contribution in [0.4, 0.5) is 0 Å². The molecule has 0 radical (unpaired) electrons. The van der Waals surface area contributed by atoms with Crippen LogP contribution in [0, 0.1) is 6.92 Å². The first-order valence-corrected chi connectivity index (χ1v) is 4.25. The molecule has 0 aliphatic rings. The average molecular weight is 180 g/mol. The molecule has 1 aromatic rings. The lowest BCUT2D eigenvalue weighted by Crippen LogP contribution is -2.33. The van der Waals surface area contributed by atoms with Crippen molar-refractivity contribution in [1.29, 1.82) is 0 Å². The van der Waals surface area contributed by atoms with Crippen LogP contribution in [0.15, 0.2) is 18.2 Å². The van der Waals surface area contributed by atoms with E-state index in [1.54, 1.807) is 6.07 Å². The normalized spacial score (nSPS) is 9.85. The van der Waals surface area contributed by atoms with Crippen LogP contribution in [-0.4, -0.2) is 23.8 Å². The van der Waals surface area contributed by atoms with E-state index in [0.717, 1.165) is 5.56 Å². The Bertz CT molecular complexity index is 286. The summed E-state index contributed by atoms with van der Waals surface area (Å²) in [6.07, 6.45) is 0. The minimum Gasteiger partial charge on any atom is -0.494 e. The Hall–Kier alpha value is -0.995. The fraction of sp³-hybridized carbons (Fsp3) is 0.333. The molecule has 0 bridgehead atoms. The molecule has 0 aliphatic heterocycles. The molecule has 2 N–H and O–H groups in total. The Labute approximate surface area is 78.1 Å². The zero-order chi connectivity index (χ0) is 9.84. The Morgan fingerprint density at radius 2 is 2.08 bits per heavy atom. The zero-order valence-corrected chi connectivity index (χ0v) is 7.82. The van der Waals surface area contributed by atoms with Gasteiger partial charge in [-0.25, -0.2) is 0 Å². The van der Waals surface area contributed by atoms with Gasteiger partial charge in [-0.15, -0.1) is 0 Å². The van der Waals surface area contributed by atoms with Gasteiger partial charge in [-0.1, -0.05) is 12.1 Å². The van der Waals surface area contributed by atoms with Gasteiger partial charge >= 0.3 is 7.12 Å². The van der Waals surface area contributed by atoms with E-state index in [1.807, 2.05) is 26.0 Å². The van der Waals surface area contributed by atoms with Gasteiger partial charge in [0.15, 0.2) is 0 Å². The summed E-state index contributed by atoms with van der Waals surface area (Å²) in [7, 11) is -1.47. The van der Waals surface area contributed by atoms with Crippen molar-refractivity contribution in [2.45, 2.75) is 13.8 Å². The molecule has 0 saturated carbocycles. The van der Waals surface area contributed by atoms with Gasteiger partial charge in [-0.2, -0.15) is 0 Å². The van der Waals surface area contributed by atoms with E-state index in [2.05, 4.69) is 0 Å². The van der Waals surface area contributed by atoms with E-state index < -0.39 is 7.12 Å². The van der Waals surface area contributed by atoms with Gasteiger partial charge in [-0.05, 0) is 25.5 Å². The highest BCUT2D eigenvalue weighted by Crippen LogP contribution is 2.10. The number of aryl methyl sites for hydroxylation is 1. The molecule has 0 saturated heterocycles. The molecule has 70 valence electrons. The fourth-order valence-corrected chi connectivity index (χ4v) is 1.27. The largest absolute Gasteiger partial charge is 0.494 e. The predicted molar refractivity (Wildman–Crippen MR) is 52.2 cm³/mol. The molecule has 0 aliphatic carbocycles. The number of benzene rings is 1. The maximum Gasteiger partial charge on any atom is 0.492 e. The molecule has 0 spiro atoms. The molecular weight excluding hydrogens is 167 g/mol. The fourth-order valence-electron chi connectivity index (χ4n) is 1.27. The molecule has 4 heteroatoms. The third-order valence-corrected chi connectivity index (χ3v) is 1.84. The lowest BCUT2D eigenvalue weighted by molar-refractivity contribution is 0.339. The summed E-state index contributed by atoms with van der Waals surface area (Å²) in [5, 5.41) is 18.2. The van der Waals surface area contributed by atoms with Crippen LogP contribution in [0.1, 0.15) is 12.5 Å². The summed E-state index contributed by atoms with van der Waals surface area (Å²) in [5.74, 6) is 0.539. The number of hydrogen-bond donors (Lipinski definition) is 2. The van der Waals surface area contributed by atoms with Crippen molar-refractivity contribution >= 4 is 12.6 Å². The van der Waals surface area contributed by atoms with Gasteiger partial charge in [0, 0.05) is 5.46 Å². The monoisotopic (exact) mass is 180 g/mol. The first kappa shape index (κ1) is 10.1. The van der Waals surface area contributed by atoms with Gasteiger partial charge in [-0.3, -0.25) is 0 Å². The molecule has 1 rings (SSSR count). The third kappa shape index (κ3) is 2.23. The van der Waals surface area contributed by atoms with Crippen LogP contribution >= 0.6 is 0 Å². The molecule has 3 nitrogen and oxygen atoms in total. The second-order valence-corrected chi connectivity index (χ2v) is 2.79. The molecule has 0 fully saturated rings. The molecule has 0 atom stereocenters. The van der Waals surface area contributed by atoms with Crippen LogP contribution in [0.25, 0.3) is 0 Å². The van der Waals surface area contributed by atoms with Crippen molar-refractivity contribution in [3.63, 3.8) is 0 Å². The Kier molecular flexibility index (Phi) is 3.34. The zero-order valence-electron chi connectivity index (χ0n) is 7.82. The molecule has 0 unspecified atom stereocenters. The summed E-state index contributed by atoms with van der Waals surface area (Å²) in [6.45, 7) is 4.19. The van der Waals surface area contributed by atoms with Crippen molar-refractivity contribution in [3.8, 4) is 5.75 Å². The van der Waals surface area contributed by atoms with Crippen molar-refractivity contribution in [1.82, 2.24) is 0 Å². The van der Waals surface area contributed by atoms with E-state index in [-0.39, 0.29) is 0 Å². The summed E-state index contributed by atoms with van der Waals surface area (Å²) in [5.41, 5.74) is 1.27. The lowest BCUT2D eigenvalue weighted by atomic mass is 9.76. The molecule has 13 heavy (non-hydrogen) atoms. The van der Waals surface area contributed by atoms with Crippen molar-refractivity contribution in [3.05, 3.63) is 23.8 Å². The van der Waals surface area contributed by atoms with E-state index in [0.29, 0.717) is 17.8 Å². The maximum absolute atomic E-state index is 9.09. The second-order valence-electron chi connectivity index (χ2n) is 2.79. The van der Waals surface area contributed by atoms with Crippen LogP contribution in [0.2, 0.25) is 0 Å². The highest BCUT2D eigenvalue weighted by atomic mass is 16.5. The molecular formula is C9H13BO3. The highest BCUT2D eigenvalue weighted by Gasteiger charge is 2.18. The molecule has 1 aromatic carbocycles. The predicted octanol–water partition coefficient (Wildman–Crippen LogP) is 0.0735. The molecule has 0 heterocycles. The van der Waals surface area contributed by atoms with E-state index in [4.69, 9.17) is 14.8 Å². The van der Waals surface area contributed by atoms with Crippen LogP contribution < -0.4 is 10.2 Å². The smallest absolute Gasteiger partial charge is 0.492 e. The Morgan fingerprint density at radius 3 is 2.62 bits per heavy atom. The number of rotatable bonds is 3. The van der Waals surface area contributed by atoms with Crippen LogP contribution in [0.5, 0.6) is 5.75 Å². The van der Waals surface area contributed by atoms with Gasteiger partial charge in [0.1, 0.15) is 5.75 Å². The topological polar surface area (TPSA) is 49.7 Å². The summed E-state index contributed by atoms with van der Waals surface area (Å²) in [4.78, 5) is 0. The van der Waals surface area contributed by atoms with Gasteiger partial charge in [0.25, 0.3) is 0 Å². The minimum atomic E-state index is -1.47. The summed E-state index contributed by atoms with van der Waals surface area (Å²) in [6, 6.07) is 5.37. The second kappa shape index (κ2) is 4.30. The quantitative estimate of drug-likeness (QED) is 0.647. The lowest BCUT2D eigenvalue weighted by Gasteiger charge is -2.11. The standard InChI is InChI=1S/C9H13BO3/c1-3-13-8-6-4-5-7(2)9(8)10(11)12/h4-6,11-12H,3H2,1-2H3. The first-order chi connectivity index (χ1) is 6.16. The van der Waals surface area contributed by atoms with E-state index in [9.17, 15) is 0 Å². The summed E-state index contributed by atoms with van der Waals surface area (Å²) >= 11 is 0. The third-order valence-electron chi connectivity index (χ3n) is 1.84.